The van der Waals surface area contributed by atoms with E-state index in [0.717, 1.165) is 17.7 Å². The highest BCUT2D eigenvalue weighted by Gasteiger charge is 2.29. The highest BCUT2D eigenvalue weighted by atomic mass is 127. The fraction of sp³-hybridized carbons (Fsp3) is 0.562. The van der Waals surface area contributed by atoms with Crippen molar-refractivity contribution in [1.29, 1.82) is 0 Å². The Kier molecular flexibility index (Phi) is 11.9. The van der Waals surface area contributed by atoms with E-state index in [9.17, 15) is 21.6 Å². The van der Waals surface area contributed by atoms with Gasteiger partial charge in [-0.2, -0.15) is 13.2 Å². The minimum atomic E-state index is -4.33. The molecule has 6 nitrogen and oxygen atoms in total. The van der Waals surface area contributed by atoms with Crippen molar-refractivity contribution >= 4 is 40.0 Å². The van der Waals surface area contributed by atoms with Crippen LogP contribution in [0.2, 0.25) is 0 Å². The number of aliphatic imine (C=N–C) groups is 1. The highest BCUT2D eigenvalue weighted by molar-refractivity contribution is 14.0. The van der Waals surface area contributed by atoms with Crippen molar-refractivity contribution in [1.82, 2.24) is 15.4 Å². The van der Waals surface area contributed by atoms with E-state index < -0.39 is 21.8 Å². The molecule has 3 N–H and O–H groups in total. The number of alkyl halides is 3. The van der Waals surface area contributed by atoms with Crippen molar-refractivity contribution in [3.8, 4) is 0 Å². The summed E-state index contributed by atoms with van der Waals surface area (Å²) in [5.41, 5.74) is 0.107. The molecule has 0 aliphatic heterocycles. The fourth-order valence-electron chi connectivity index (χ4n) is 2.00. The lowest BCUT2D eigenvalue weighted by Crippen LogP contribution is -2.39. The number of sulfonamides is 1. The smallest absolute Gasteiger partial charge is 0.357 e. The molecule has 0 atom stereocenters. The fourth-order valence-corrected chi connectivity index (χ4v) is 2.60. The van der Waals surface area contributed by atoms with Gasteiger partial charge in [0.05, 0.1) is 17.9 Å². The SMILES string of the molecule is CCNC(=NCCNS(=O)(=O)CC)NCCc1ccc(C(F)(F)F)cc1.I. The van der Waals surface area contributed by atoms with Crippen LogP contribution in [0.15, 0.2) is 29.3 Å². The number of hydrogen-bond donors (Lipinski definition) is 3. The molecule has 1 rings (SSSR count). The number of halogens is 4. The van der Waals surface area contributed by atoms with Crippen LogP contribution < -0.4 is 15.4 Å². The molecule has 11 heteroatoms. The van der Waals surface area contributed by atoms with E-state index in [1.54, 1.807) is 6.92 Å². The van der Waals surface area contributed by atoms with Gasteiger partial charge in [-0.1, -0.05) is 12.1 Å². The molecule has 0 spiro atoms. The zero-order valence-corrected chi connectivity index (χ0v) is 18.4. The van der Waals surface area contributed by atoms with Gasteiger partial charge in [-0.25, -0.2) is 13.1 Å². The molecular formula is C16H26F3IN4O2S. The summed E-state index contributed by atoms with van der Waals surface area (Å²) in [6.45, 7) is 5.04. The maximum absolute atomic E-state index is 12.5. The molecule has 0 aliphatic rings. The summed E-state index contributed by atoms with van der Waals surface area (Å²) in [6.07, 6.45) is -3.80. The Morgan fingerprint density at radius 1 is 1.07 bits per heavy atom. The lowest BCUT2D eigenvalue weighted by Gasteiger charge is -2.12. The molecule has 156 valence electrons. The quantitative estimate of drug-likeness (QED) is 0.201. The van der Waals surface area contributed by atoms with E-state index in [2.05, 4.69) is 20.3 Å². The first kappa shape index (κ1) is 25.9. The minimum Gasteiger partial charge on any atom is -0.357 e. The molecule has 0 aliphatic carbocycles. The van der Waals surface area contributed by atoms with Crippen molar-refractivity contribution in [2.75, 3.05) is 31.9 Å². The summed E-state index contributed by atoms with van der Waals surface area (Å²) >= 11 is 0. The van der Waals surface area contributed by atoms with Crippen LogP contribution in [0.5, 0.6) is 0 Å². The molecule has 0 saturated heterocycles. The van der Waals surface area contributed by atoms with Crippen molar-refractivity contribution in [3.05, 3.63) is 35.4 Å². The first-order valence-electron chi connectivity index (χ1n) is 8.33. The predicted molar refractivity (Wildman–Crippen MR) is 112 cm³/mol. The second-order valence-corrected chi connectivity index (χ2v) is 7.53. The van der Waals surface area contributed by atoms with Crippen molar-refractivity contribution in [3.63, 3.8) is 0 Å². The largest absolute Gasteiger partial charge is 0.416 e. The standard InChI is InChI=1S/C16H25F3N4O2S.HI/c1-3-20-15(22-11-12-23-26(24,25)4-2)21-10-9-13-5-7-14(8-6-13)16(17,18)19;/h5-8,23H,3-4,9-12H2,1-2H3,(H2,20,21,22);1H. The predicted octanol–water partition coefficient (Wildman–Crippen LogP) is 2.36. The van der Waals surface area contributed by atoms with E-state index in [-0.39, 0.29) is 42.8 Å². The van der Waals surface area contributed by atoms with Crippen molar-refractivity contribution in [2.24, 2.45) is 4.99 Å². The molecule has 0 bridgehead atoms. The third-order valence-electron chi connectivity index (χ3n) is 3.42. The molecule has 0 fully saturated rings. The topological polar surface area (TPSA) is 82.6 Å². The van der Waals surface area contributed by atoms with Crippen LogP contribution in [0.25, 0.3) is 0 Å². The van der Waals surface area contributed by atoms with Gasteiger partial charge >= 0.3 is 6.18 Å². The average molecular weight is 522 g/mol. The van der Waals surface area contributed by atoms with Gasteiger partial charge in [0.15, 0.2) is 5.96 Å². The average Bonchev–Trinajstić information content (AvgIpc) is 2.58. The Bertz CT molecular complexity index is 680. The highest BCUT2D eigenvalue weighted by Crippen LogP contribution is 2.29. The molecule has 0 aromatic heterocycles. The summed E-state index contributed by atoms with van der Waals surface area (Å²) in [5, 5.41) is 6.09. The van der Waals surface area contributed by atoms with Crippen molar-refractivity contribution < 1.29 is 21.6 Å². The molecule has 0 saturated carbocycles. The van der Waals surface area contributed by atoms with Gasteiger partial charge in [-0.15, -0.1) is 24.0 Å². The maximum Gasteiger partial charge on any atom is 0.416 e. The number of rotatable bonds is 9. The summed E-state index contributed by atoms with van der Waals surface area (Å²) < 4.78 is 62.7. The van der Waals surface area contributed by atoms with Crippen LogP contribution in [-0.4, -0.2) is 46.3 Å². The molecular weight excluding hydrogens is 496 g/mol. The van der Waals surface area contributed by atoms with Crippen LogP contribution >= 0.6 is 24.0 Å². The first-order chi connectivity index (χ1) is 12.2. The Morgan fingerprint density at radius 2 is 1.70 bits per heavy atom. The minimum absolute atomic E-state index is 0. The number of hydrogen-bond acceptors (Lipinski definition) is 3. The zero-order chi connectivity index (χ0) is 19.6. The van der Waals surface area contributed by atoms with E-state index in [1.807, 2.05) is 6.92 Å². The summed E-state index contributed by atoms with van der Waals surface area (Å²) in [5.74, 6) is 0.539. The molecule has 0 unspecified atom stereocenters. The molecule has 1 aromatic rings. The van der Waals surface area contributed by atoms with Crippen LogP contribution in [-0.2, 0) is 22.6 Å². The van der Waals surface area contributed by atoms with E-state index in [1.165, 1.54) is 12.1 Å². The number of guanidine groups is 1. The van der Waals surface area contributed by atoms with Gasteiger partial charge in [0.1, 0.15) is 0 Å². The molecule has 27 heavy (non-hydrogen) atoms. The molecule has 0 heterocycles. The van der Waals surface area contributed by atoms with Crippen molar-refractivity contribution in [2.45, 2.75) is 26.4 Å². The first-order valence-corrected chi connectivity index (χ1v) is 9.98. The molecule has 0 radical (unpaired) electrons. The Balaban J connectivity index is 0.00000676. The van der Waals surface area contributed by atoms with Crippen LogP contribution in [0, 0.1) is 0 Å². The lowest BCUT2D eigenvalue weighted by atomic mass is 10.1. The van der Waals surface area contributed by atoms with Crippen LogP contribution in [0.4, 0.5) is 13.2 Å². The van der Waals surface area contributed by atoms with Gasteiger partial charge in [0.2, 0.25) is 10.0 Å². The maximum atomic E-state index is 12.5. The Morgan fingerprint density at radius 3 is 2.22 bits per heavy atom. The van der Waals surface area contributed by atoms with Crippen LogP contribution in [0.1, 0.15) is 25.0 Å². The lowest BCUT2D eigenvalue weighted by molar-refractivity contribution is -0.137. The third kappa shape index (κ3) is 10.7. The van der Waals surface area contributed by atoms with E-state index >= 15 is 0 Å². The Labute approximate surface area is 175 Å². The third-order valence-corrected chi connectivity index (χ3v) is 4.82. The van der Waals surface area contributed by atoms with E-state index in [0.29, 0.717) is 25.5 Å². The number of nitrogens with zero attached hydrogens (tertiary/aromatic N) is 1. The van der Waals surface area contributed by atoms with Gasteiger partial charge in [0, 0.05) is 19.6 Å². The summed E-state index contributed by atoms with van der Waals surface area (Å²) in [4.78, 5) is 4.25. The monoisotopic (exact) mass is 522 g/mol. The Hall–Kier alpha value is -1.08. The molecule has 0 amide bonds. The number of nitrogens with one attached hydrogen (secondary N) is 3. The summed E-state index contributed by atoms with van der Waals surface area (Å²) in [6, 6.07) is 5.03. The van der Waals surface area contributed by atoms with E-state index in [4.69, 9.17) is 0 Å². The van der Waals surface area contributed by atoms with Gasteiger partial charge in [0.25, 0.3) is 0 Å². The second kappa shape index (κ2) is 12.4. The zero-order valence-electron chi connectivity index (χ0n) is 15.3. The van der Waals surface area contributed by atoms with Crippen LogP contribution in [0.3, 0.4) is 0 Å². The normalized spacial score (nSPS) is 12.4. The second-order valence-electron chi connectivity index (χ2n) is 5.43. The number of benzene rings is 1. The van der Waals surface area contributed by atoms with Gasteiger partial charge in [-0.05, 0) is 38.0 Å². The van der Waals surface area contributed by atoms with Gasteiger partial charge in [-0.3, -0.25) is 4.99 Å². The summed E-state index contributed by atoms with van der Waals surface area (Å²) in [7, 11) is -3.24. The molecule has 1 aromatic carbocycles. The van der Waals surface area contributed by atoms with Gasteiger partial charge < -0.3 is 10.6 Å².